The van der Waals surface area contributed by atoms with Crippen LogP contribution in [0.5, 0.6) is 0 Å². The number of rotatable bonds is 5. The highest BCUT2D eigenvalue weighted by Crippen LogP contribution is 2.21. The molecule has 0 aliphatic carbocycles. The van der Waals surface area contributed by atoms with Gasteiger partial charge in [0.05, 0.1) is 6.10 Å². The Bertz CT molecular complexity index is 719. The standard InChI is InChI=1S/C18H22FN3O2/c1-12-10-13(8-9-16(12)22(2)3)21-18(24)20-11-17(23)14-6-4-5-7-15(14)19/h4-10,17,23H,11H2,1-3H3,(H2,20,21,24). The van der Waals surface area contributed by atoms with Crippen molar-refractivity contribution in [1.29, 1.82) is 0 Å². The van der Waals surface area contributed by atoms with Gasteiger partial charge in [0.2, 0.25) is 0 Å². The summed E-state index contributed by atoms with van der Waals surface area (Å²) in [6.45, 7) is 1.88. The zero-order chi connectivity index (χ0) is 17.7. The molecule has 2 aromatic carbocycles. The molecule has 24 heavy (non-hydrogen) atoms. The van der Waals surface area contributed by atoms with Gasteiger partial charge < -0.3 is 20.6 Å². The lowest BCUT2D eigenvalue weighted by Crippen LogP contribution is -2.32. The molecule has 1 unspecified atom stereocenters. The number of anilines is 2. The molecule has 0 radical (unpaired) electrons. The summed E-state index contributed by atoms with van der Waals surface area (Å²) in [4.78, 5) is 13.9. The topological polar surface area (TPSA) is 64.6 Å². The van der Waals surface area contributed by atoms with Crippen LogP contribution in [-0.2, 0) is 0 Å². The summed E-state index contributed by atoms with van der Waals surface area (Å²) in [7, 11) is 3.90. The molecule has 0 aliphatic heterocycles. The summed E-state index contributed by atoms with van der Waals surface area (Å²) >= 11 is 0. The van der Waals surface area contributed by atoms with Gasteiger partial charge in [-0.05, 0) is 36.8 Å². The first-order valence-corrected chi connectivity index (χ1v) is 7.64. The Labute approximate surface area is 141 Å². The SMILES string of the molecule is Cc1cc(NC(=O)NCC(O)c2ccccc2F)ccc1N(C)C. The van der Waals surface area contributed by atoms with Gasteiger partial charge in [-0.1, -0.05) is 18.2 Å². The van der Waals surface area contributed by atoms with Crippen molar-refractivity contribution in [2.75, 3.05) is 30.9 Å². The van der Waals surface area contributed by atoms with E-state index in [0.29, 0.717) is 5.69 Å². The van der Waals surface area contributed by atoms with E-state index in [9.17, 15) is 14.3 Å². The second kappa shape index (κ2) is 7.79. The number of carbonyl (C=O) groups is 1. The molecule has 0 saturated carbocycles. The van der Waals surface area contributed by atoms with Crippen molar-refractivity contribution in [2.24, 2.45) is 0 Å². The van der Waals surface area contributed by atoms with E-state index in [-0.39, 0.29) is 12.1 Å². The predicted molar refractivity (Wildman–Crippen MR) is 93.9 cm³/mol. The molecule has 3 N–H and O–H groups in total. The fourth-order valence-electron chi connectivity index (χ4n) is 2.45. The summed E-state index contributed by atoms with van der Waals surface area (Å²) in [5, 5.41) is 15.2. The summed E-state index contributed by atoms with van der Waals surface area (Å²) < 4.78 is 13.6. The third kappa shape index (κ3) is 4.45. The number of nitrogens with zero attached hydrogens (tertiary/aromatic N) is 1. The molecule has 5 nitrogen and oxygen atoms in total. The highest BCUT2D eigenvalue weighted by molar-refractivity contribution is 5.89. The summed E-state index contributed by atoms with van der Waals surface area (Å²) in [5.41, 5.74) is 2.90. The second-order valence-corrected chi connectivity index (χ2v) is 5.77. The van der Waals surface area contributed by atoms with Gasteiger partial charge in [0.1, 0.15) is 5.82 Å². The molecule has 2 amide bonds. The average molecular weight is 331 g/mol. The number of hydrogen-bond donors (Lipinski definition) is 3. The van der Waals surface area contributed by atoms with Crippen molar-refractivity contribution < 1.29 is 14.3 Å². The van der Waals surface area contributed by atoms with Crippen molar-refractivity contribution in [3.05, 3.63) is 59.4 Å². The molecule has 0 aromatic heterocycles. The normalized spacial score (nSPS) is 11.7. The monoisotopic (exact) mass is 331 g/mol. The summed E-state index contributed by atoms with van der Waals surface area (Å²) in [5.74, 6) is -0.498. The van der Waals surface area contributed by atoms with Gasteiger partial charge >= 0.3 is 6.03 Å². The number of aliphatic hydroxyl groups excluding tert-OH is 1. The summed E-state index contributed by atoms with van der Waals surface area (Å²) in [6, 6.07) is 11.1. The number of urea groups is 1. The molecule has 2 aromatic rings. The third-order valence-corrected chi connectivity index (χ3v) is 3.66. The van der Waals surface area contributed by atoms with Gasteiger partial charge in [0, 0.05) is 37.6 Å². The van der Waals surface area contributed by atoms with Gasteiger partial charge in [-0.2, -0.15) is 0 Å². The minimum Gasteiger partial charge on any atom is -0.386 e. The van der Waals surface area contributed by atoms with Crippen LogP contribution >= 0.6 is 0 Å². The van der Waals surface area contributed by atoms with E-state index in [1.54, 1.807) is 18.2 Å². The Balaban J connectivity index is 1.92. The van der Waals surface area contributed by atoms with Crippen LogP contribution in [0, 0.1) is 12.7 Å². The highest BCUT2D eigenvalue weighted by atomic mass is 19.1. The lowest BCUT2D eigenvalue weighted by atomic mass is 10.1. The Hall–Kier alpha value is -2.60. The van der Waals surface area contributed by atoms with E-state index in [1.807, 2.05) is 38.1 Å². The molecule has 0 bridgehead atoms. The van der Waals surface area contributed by atoms with E-state index >= 15 is 0 Å². The maximum atomic E-state index is 13.6. The van der Waals surface area contributed by atoms with Crippen molar-refractivity contribution in [2.45, 2.75) is 13.0 Å². The average Bonchev–Trinajstić information content (AvgIpc) is 2.52. The molecule has 0 fully saturated rings. The third-order valence-electron chi connectivity index (χ3n) is 3.66. The minimum atomic E-state index is -1.10. The maximum Gasteiger partial charge on any atom is 0.319 e. The molecule has 1 atom stereocenters. The Morgan fingerprint density at radius 3 is 2.58 bits per heavy atom. The molecule has 128 valence electrons. The molecule has 0 spiro atoms. The molecule has 6 heteroatoms. The van der Waals surface area contributed by atoms with Crippen molar-refractivity contribution in [1.82, 2.24) is 5.32 Å². The number of hydrogen-bond acceptors (Lipinski definition) is 3. The van der Waals surface area contributed by atoms with Gasteiger partial charge in [-0.3, -0.25) is 0 Å². The maximum absolute atomic E-state index is 13.6. The first-order valence-electron chi connectivity index (χ1n) is 7.64. The van der Waals surface area contributed by atoms with Gasteiger partial charge in [-0.15, -0.1) is 0 Å². The lowest BCUT2D eigenvalue weighted by Gasteiger charge is -2.17. The van der Waals surface area contributed by atoms with Crippen LogP contribution in [0.25, 0.3) is 0 Å². The molecule has 0 saturated heterocycles. The molecule has 2 rings (SSSR count). The number of halogens is 1. The van der Waals surface area contributed by atoms with Crippen LogP contribution in [0.1, 0.15) is 17.2 Å². The quantitative estimate of drug-likeness (QED) is 0.789. The predicted octanol–water partition coefficient (Wildman–Crippen LogP) is 3.06. The van der Waals surface area contributed by atoms with Crippen molar-refractivity contribution in [3.8, 4) is 0 Å². The van der Waals surface area contributed by atoms with Crippen LogP contribution in [0.4, 0.5) is 20.6 Å². The number of carbonyl (C=O) groups excluding carboxylic acids is 1. The van der Waals surface area contributed by atoms with Crippen molar-refractivity contribution >= 4 is 17.4 Å². The second-order valence-electron chi connectivity index (χ2n) is 5.77. The van der Waals surface area contributed by atoms with Crippen LogP contribution in [0.2, 0.25) is 0 Å². The van der Waals surface area contributed by atoms with Crippen LogP contribution < -0.4 is 15.5 Å². The fraction of sp³-hybridized carbons (Fsp3) is 0.278. The zero-order valence-electron chi connectivity index (χ0n) is 14.0. The summed E-state index contributed by atoms with van der Waals surface area (Å²) in [6.07, 6.45) is -1.10. The number of amides is 2. The molecular formula is C18H22FN3O2. The molecule has 0 heterocycles. The lowest BCUT2D eigenvalue weighted by molar-refractivity contribution is 0.170. The molecule has 0 aliphatic rings. The zero-order valence-corrected chi connectivity index (χ0v) is 14.0. The minimum absolute atomic E-state index is 0.0818. The van der Waals surface area contributed by atoms with Crippen LogP contribution in [-0.4, -0.2) is 31.8 Å². The molecular weight excluding hydrogens is 309 g/mol. The highest BCUT2D eigenvalue weighted by Gasteiger charge is 2.13. The number of aliphatic hydroxyl groups is 1. The van der Waals surface area contributed by atoms with Gasteiger partial charge in [0.15, 0.2) is 0 Å². The smallest absolute Gasteiger partial charge is 0.319 e. The van der Waals surface area contributed by atoms with E-state index in [2.05, 4.69) is 10.6 Å². The first-order chi connectivity index (χ1) is 11.4. The van der Waals surface area contributed by atoms with E-state index in [4.69, 9.17) is 0 Å². The van der Waals surface area contributed by atoms with Gasteiger partial charge in [0.25, 0.3) is 0 Å². The van der Waals surface area contributed by atoms with E-state index < -0.39 is 18.0 Å². The largest absolute Gasteiger partial charge is 0.386 e. The number of benzene rings is 2. The number of aryl methyl sites for hydroxylation is 1. The van der Waals surface area contributed by atoms with Crippen molar-refractivity contribution in [3.63, 3.8) is 0 Å². The Morgan fingerprint density at radius 2 is 1.96 bits per heavy atom. The van der Waals surface area contributed by atoms with E-state index in [1.165, 1.54) is 12.1 Å². The Morgan fingerprint density at radius 1 is 1.25 bits per heavy atom. The van der Waals surface area contributed by atoms with Gasteiger partial charge in [-0.25, -0.2) is 9.18 Å². The number of nitrogens with one attached hydrogen (secondary N) is 2. The van der Waals surface area contributed by atoms with Crippen LogP contribution in [0.3, 0.4) is 0 Å². The fourth-order valence-corrected chi connectivity index (χ4v) is 2.45. The van der Waals surface area contributed by atoms with Crippen LogP contribution in [0.15, 0.2) is 42.5 Å². The Kier molecular flexibility index (Phi) is 5.76. The van der Waals surface area contributed by atoms with E-state index in [0.717, 1.165) is 11.3 Å². The first kappa shape index (κ1) is 17.7.